The zero-order chi connectivity index (χ0) is 11.6. The van der Waals surface area contributed by atoms with Gasteiger partial charge in [-0.25, -0.2) is 0 Å². The average molecular weight is 342 g/mol. The summed E-state index contributed by atoms with van der Waals surface area (Å²) in [5.74, 6) is -0.684. The molecule has 0 unspecified atom stereocenters. The van der Waals surface area contributed by atoms with Crippen LogP contribution in [0.3, 0.4) is 0 Å². The maximum Gasteiger partial charge on any atom is 0.306 e. The van der Waals surface area contributed by atoms with E-state index in [0.717, 1.165) is 3.57 Å². The van der Waals surface area contributed by atoms with E-state index >= 15 is 0 Å². The van der Waals surface area contributed by atoms with E-state index < -0.39 is 16.0 Å². The molecule has 0 saturated heterocycles. The van der Waals surface area contributed by atoms with Crippen molar-refractivity contribution >= 4 is 39.1 Å². The fourth-order valence-electron chi connectivity index (χ4n) is 1.16. The van der Waals surface area contributed by atoms with Gasteiger partial charge in [-0.3, -0.25) is 4.79 Å². The summed E-state index contributed by atoms with van der Waals surface area (Å²) in [4.78, 5) is 10.5. The van der Waals surface area contributed by atoms with Gasteiger partial charge in [0.15, 0.2) is 0 Å². The molecule has 0 spiro atoms. The summed E-state index contributed by atoms with van der Waals surface area (Å²) in [7, 11) is -4.56. The Labute approximate surface area is 101 Å². The van der Waals surface area contributed by atoms with Crippen molar-refractivity contribution in [3.05, 3.63) is 32.4 Å². The third kappa shape index (κ3) is 3.53. The fourth-order valence-corrected chi connectivity index (χ4v) is 2.54. The van der Waals surface area contributed by atoms with Crippen LogP contribution in [0.5, 0.6) is 0 Å². The minimum absolute atomic E-state index is 0.325. The highest BCUT2D eigenvalue weighted by atomic mass is 127. The van der Waals surface area contributed by atoms with Crippen molar-refractivity contribution in [1.82, 2.24) is 0 Å². The molecule has 0 radical (unpaired) electrons. The van der Waals surface area contributed by atoms with Crippen molar-refractivity contribution in [2.45, 2.75) is 12.7 Å². The lowest BCUT2D eigenvalue weighted by Crippen LogP contribution is -2.01. The van der Waals surface area contributed by atoms with Gasteiger partial charge in [0.05, 0.1) is 0 Å². The normalized spacial score (nSPS) is 11.4. The van der Waals surface area contributed by atoms with Gasteiger partial charge in [0, 0.05) is 9.13 Å². The third-order valence-corrected chi connectivity index (χ3v) is 3.71. The summed E-state index contributed by atoms with van der Waals surface area (Å²) in [5.41, 5.74) is 1.36. The van der Waals surface area contributed by atoms with E-state index in [9.17, 15) is 17.1 Å². The summed E-state index contributed by atoms with van der Waals surface area (Å²) in [5, 5.41) is 0. The van der Waals surface area contributed by atoms with Gasteiger partial charge in [-0.05, 0) is 52.8 Å². The zero-order valence-corrected chi connectivity index (χ0v) is 10.8. The maximum atomic E-state index is 12.5. The lowest BCUT2D eigenvalue weighted by molar-refractivity contribution is 0.112. The van der Waals surface area contributed by atoms with Crippen LogP contribution in [0.25, 0.3) is 0 Å². The van der Waals surface area contributed by atoms with Crippen molar-refractivity contribution in [3.8, 4) is 0 Å². The molecule has 0 heterocycles. The lowest BCUT2D eigenvalue weighted by Gasteiger charge is -2.06. The van der Waals surface area contributed by atoms with Crippen molar-refractivity contribution in [2.24, 2.45) is 0 Å². The maximum absolute atomic E-state index is 12.5. The number of carbonyl (C=O) groups excluding carboxylic acids is 1. The van der Waals surface area contributed by atoms with Crippen LogP contribution in [0.2, 0.25) is 0 Å². The second kappa shape index (κ2) is 4.56. The molecule has 0 bridgehead atoms. The van der Waals surface area contributed by atoms with Crippen LogP contribution < -0.4 is 0 Å². The van der Waals surface area contributed by atoms with Crippen LogP contribution >= 0.6 is 22.6 Å². The summed E-state index contributed by atoms with van der Waals surface area (Å²) in [6.07, 6.45) is 0.607. The molecule has 3 nitrogen and oxygen atoms in total. The molecule has 0 aliphatic heterocycles. The summed E-state index contributed by atoms with van der Waals surface area (Å²) >= 11 is 1.97. The summed E-state index contributed by atoms with van der Waals surface area (Å²) in [6, 6.07) is 3.01. The molecule has 0 atom stereocenters. The number of hydrogen-bond donors (Lipinski definition) is 0. The molecule has 0 fully saturated rings. The Balaban J connectivity index is 3.28. The van der Waals surface area contributed by atoms with E-state index in [1.807, 2.05) is 22.6 Å². The van der Waals surface area contributed by atoms with Crippen LogP contribution in [0.15, 0.2) is 12.1 Å². The molecule has 0 aliphatic rings. The number of aldehydes is 1. The second-order valence-electron chi connectivity index (χ2n) is 3.09. The van der Waals surface area contributed by atoms with Crippen molar-refractivity contribution in [3.63, 3.8) is 0 Å². The molecule has 0 aliphatic carbocycles. The first kappa shape index (κ1) is 12.6. The monoisotopic (exact) mass is 342 g/mol. The topological polar surface area (TPSA) is 51.2 Å². The molecule has 15 heavy (non-hydrogen) atoms. The predicted molar refractivity (Wildman–Crippen MR) is 63.0 cm³/mol. The Morgan fingerprint density at radius 3 is 2.53 bits per heavy atom. The number of halogens is 2. The second-order valence-corrected chi connectivity index (χ2v) is 5.62. The van der Waals surface area contributed by atoms with Crippen LogP contribution in [-0.2, 0) is 16.0 Å². The molecule has 0 aromatic heterocycles. The number of carbonyl (C=O) groups is 1. The minimum Gasteiger partial charge on any atom is -0.298 e. The summed E-state index contributed by atoms with van der Waals surface area (Å²) < 4.78 is 34.3. The van der Waals surface area contributed by atoms with Gasteiger partial charge in [0.2, 0.25) is 0 Å². The van der Waals surface area contributed by atoms with Crippen molar-refractivity contribution in [1.29, 1.82) is 0 Å². The SMILES string of the molecule is Cc1c(I)cc(C=O)cc1CS(=O)(=O)F. The van der Waals surface area contributed by atoms with E-state index in [1.165, 1.54) is 6.07 Å². The van der Waals surface area contributed by atoms with Crippen LogP contribution in [0.1, 0.15) is 21.5 Å². The van der Waals surface area contributed by atoms with Gasteiger partial charge >= 0.3 is 10.2 Å². The van der Waals surface area contributed by atoms with Gasteiger partial charge in [0.25, 0.3) is 0 Å². The smallest absolute Gasteiger partial charge is 0.298 e. The van der Waals surface area contributed by atoms with E-state index in [2.05, 4.69) is 0 Å². The molecule has 6 heteroatoms. The lowest BCUT2D eigenvalue weighted by atomic mass is 10.1. The molecule has 0 N–H and O–H groups in total. The quantitative estimate of drug-likeness (QED) is 0.481. The summed E-state index contributed by atoms with van der Waals surface area (Å²) in [6.45, 7) is 1.69. The van der Waals surface area contributed by atoms with Crippen molar-refractivity contribution < 1.29 is 17.1 Å². The van der Waals surface area contributed by atoms with Crippen LogP contribution in [-0.4, -0.2) is 14.7 Å². The highest BCUT2D eigenvalue weighted by Crippen LogP contribution is 2.20. The van der Waals surface area contributed by atoms with Gasteiger partial charge in [-0.2, -0.15) is 8.42 Å². The fraction of sp³-hybridized carbons (Fsp3) is 0.222. The highest BCUT2D eigenvalue weighted by molar-refractivity contribution is 14.1. The van der Waals surface area contributed by atoms with Crippen molar-refractivity contribution in [2.75, 3.05) is 0 Å². The van der Waals surface area contributed by atoms with E-state index in [0.29, 0.717) is 23.0 Å². The van der Waals surface area contributed by atoms with Gasteiger partial charge < -0.3 is 0 Å². The first-order valence-corrected chi connectivity index (χ1v) is 6.63. The molecule has 1 aromatic rings. The Morgan fingerprint density at radius 2 is 2.07 bits per heavy atom. The molecule has 0 saturated carbocycles. The Morgan fingerprint density at radius 1 is 1.47 bits per heavy atom. The van der Waals surface area contributed by atoms with E-state index in [4.69, 9.17) is 0 Å². The number of hydrogen-bond acceptors (Lipinski definition) is 3. The Hall–Kier alpha value is -0.500. The van der Waals surface area contributed by atoms with Gasteiger partial charge in [0.1, 0.15) is 12.0 Å². The number of benzene rings is 1. The Kier molecular flexibility index (Phi) is 3.82. The number of rotatable bonds is 3. The van der Waals surface area contributed by atoms with E-state index in [-0.39, 0.29) is 0 Å². The van der Waals surface area contributed by atoms with E-state index in [1.54, 1.807) is 13.0 Å². The van der Waals surface area contributed by atoms with Gasteiger partial charge in [-0.1, -0.05) is 0 Å². The minimum atomic E-state index is -4.56. The molecular weight excluding hydrogens is 334 g/mol. The molecule has 0 amide bonds. The first-order valence-electron chi connectivity index (χ1n) is 4.00. The Bertz CT molecular complexity index is 496. The molecular formula is C9H8FIO3S. The molecule has 1 rings (SSSR count). The standard InChI is InChI=1S/C9H8FIO3S/c1-6-8(5-15(10,13)14)2-7(4-12)3-9(6)11/h2-4H,5H2,1H3. The third-order valence-electron chi connectivity index (χ3n) is 1.94. The van der Waals surface area contributed by atoms with Gasteiger partial charge in [-0.15, -0.1) is 3.89 Å². The zero-order valence-electron chi connectivity index (χ0n) is 7.83. The first-order chi connectivity index (χ1) is 6.83. The molecule has 1 aromatic carbocycles. The van der Waals surface area contributed by atoms with Crippen LogP contribution in [0.4, 0.5) is 3.89 Å². The molecule has 82 valence electrons. The average Bonchev–Trinajstić information content (AvgIpc) is 2.10. The largest absolute Gasteiger partial charge is 0.306 e. The predicted octanol–water partition coefficient (Wildman–Crippen LogP) is 2.21. The highest BCUT2D eigenvalue weighted by Gasteiger charge is 2.13. The van der Waals surface area contributed by atoms with Crippen LogP contribution in [0, 0.1) is 10.5 Å².